The minimum atomic E-state index is 0.253. The number of fused-ring (bicyclic) bond motifs is 7. The Hall–Kier alpha value is -1.44. The second-order valence-corrected chi connectivity index (χ2v) is 9.93. The number of rotatable bonds is 1. The zero-order chi connectivity index (χ0) is 18.1. The topological polar surface area (TPSA) is 30.0 Å². The molecule has 0 saturated heterocycles. The van der Waals surface area contributed by atoms with Gasteiger partial charge in [0.2, 0.25) is 0 Å². The molecule has 2 saturated carbocycles. The molecule has 4 aliphatic rings. The van der Waals surface area contributed by atoms with E-state index >= 15 is 0 Å². The van der Waals surface area contributed by atoms with Crippen molar-refractivity contribution in [3.05, 3.63) is 35.7 Å². The van der Waals surface area contributed by atoms with Gasteiger partial charge in [-0.2, -0.15) is 0 Å². The predicted octanol–water partition coefficient (Wildman–Crippen LogP) is 5.47. The van der Waals surface area contributed by atoms with Crippen LogP contribution in [0.15, 0.2) is 24.4 Å². The number of hydrogen-bond donors (Lipinski definition) is 0. The van der Waals surface area contributed by atoms with Gasteiger partial charge >= 0.3 is 0 Å². The maximum atomic E-state index is 12.3. The summed E-state index contributed by atoms with van der Waals surface area (Å²) in [6.07, 6.45) is 13.0. The van der Waals surface area contributed by atoms with E-state index in [1.54, 1.807) is 5.57 Å². The van der Waals surface area contributed by atoms with E-state index < -0.39 is 0 Å². The molecule has 0 unspecified atom stereocenters. The molecule has 2 fully saturated rings. The Morgan fingerprint density at radius 3 is 2.81 bits per heavy atom. The molecule has 0 radical (unpaired) electrons. The van der Waals surface area contributed by atoms with Gasteiger partial charge in [-0.15, -0.1) is 0 Å². The van der Waals surface area contributed by atoms with Crippen LogP contribution in [0.2, 0.25) is 0 Å². The fourth-order valence-electron chi connectivity index (χ4n) is 7.76. The van der Waals surface area contributed by atoms with Gasteiger partial charge in [0, 0.05) is 17.8 Å². The lowest BCUT2D eigenvalue weighted by molar-refractivity contribution is -0.127. The molecular formula is C24H31NO. The first-order valence-corrected chi connectivity index (χ1v) is 10.6. The van der Waals surface area contributed by atoms with Crippen molar-refractivity contribution < 1.29 is 4.79 Å². The van der Waals surface area contributed by atoms with Crippen LogP contribution in [0, 0.1) is 34.5 Å². The number of aromatic nitrogens is 1. The number of pyridine rings is 1. The van der Waals surface area contributed by atoms with Crippen molar-refractivity contribution in [1.82, 2.24) is 4.98 Å². The monoisotopic (exact) mass is 349 g/mol. The van der Waals surface area contributed by atoms with E-state index in [9.17, 15) is 4.79 Å². The number of ketones is 1. The molecule has 0 amide bonds. The maximum Gasteiger partial charge on any atom is 0.133 e. The Morgan fingerprint density at radius 1 is 1.15 bits per heavy atom. The SMILES string of the molecule is CC(=O)[C@H]1CC[C@H]2[C@@H]3CC=C4c5cccnc5CC[C@]4(C)[C@H]3CC[C@]12C. The number of carbonyl (C=O) groups is 1. The predicted molar refractivity (Wildman–Crippen MR) is 104 cm³/mol. The Balaban J connectivity index is 1.55. The fourth-order valence-corrected chi connectivity index (χ4v) is 7.76. The average Bonchev–Trinajstić information content (AvgIpc) is 2.98. The van der Waals surface area contributed by atoms with E-state index in [-0.39, 0.29) is 5.41 Å². The van der Waals surface area contributed by atoms with E-state index in [2.05, 4.69) is 37.0 Å². The third kappa shape index (κ3) is 2.05. The van der Waals surface area contributed by atoms with E-state index in [0.29, 0.717) is 17.1 Å². The first-order chi connectivity index (χ1) is 12.4. The highest BCUT2D eigenvalue weighted by atomic mass is 16.1. The summed E-state index contributed by atoms with van der Waals surface area (Å²) >= 11 is 0. The van der Waals surface area contributed by atoms with E-state index in [1.165, 1.54) is 43.4 Å². The summed E-state index contributed by atoms with van der Waals surface area (Å²) in [5.41, 5.74) is 4.85. The van der Waals surface area contributed by atoms with Gasteiger partial charge in [-0.25, -0.2) is 0 Å². The van der Waals surface area contributed by atoms with Crippen molar-refractivity contribution in [2.75, 3.05) is 0 Å². The number of aryl methyl sites for hydroxylation is 1. The Labute approximate surface area is 157 Å². The molecule has 6 atom stereocenters. The Kier molecular flexibility index (Phi) is 3.56. The van der Waals surface area contributed by atoms with Gasteiger partial charge in [0.25, 0.3) is 0 Å². The van der Waals surface area contributed by atoms with Crippen LogP contribution >= 0.6 is 0 Å². The molecule has 0 aliphatic heterocycles. The van der Waals surface area contributed by atoms with Gasteiger partial charge in [-0.3, -0.25) is 9.78 Å². The van der Waals surface area contributed by atoms with Crippen LogP contribution in [0.5, 0.6) is 0 Å². The van der Waals surface area contributed by atoms with Crippen LogP contribution in [-0.2, 0) is 11.2 Å². The van der Waals surface area contributed by atoms with E-state index in [4.69, 9.17) is 0 Å². The molecule has 0 N–H and O–H groups in total. The third-order valence-electron chi connectivity index (χ3n) is 9.02. The highest BCUT2D eigenvalue weighted by Crippen LogP contribution is 2.67. The molecule has 1 aromatic heterocycles. The normalized spacial score (nSPS) is 43.6. The summed E-state index contributed by atoms with van der Waals surface area (Å²) in [5.74, 6) is 3.03. The van der Waals surface area contributed by atoms with Crippen LogP contribution in [0.4, 0.5) is 0 Å². The molecule has 0 aromatic carbocycles. The highest BCUT2D eigenvalue weighted by molar-refractivity contribution is 5.79. The van der Waals surface area contributed by atoms with Gasteiger partial charge in [0.15, 0.2) is 0 Å². The molecule has 138 valence electrons. The van der Waals surface area contributed by atoms with Gasteiger partial charge in [-0.1, -0.05) is 26.0 Å². The van der Waals surface area contributed by atoms with Crippen LogP contribution in [0.25, 0.3) is 5.57 Å². The third-order valence-corrected chi connectivity index (χ3v) is 9.02. The molecular weight excluding hydrogens is 318 g/mol. The van der Waals surface area contributed by atoms with Crippen molar-refractivity contribution >= 4 is 11.4 Å². The van der Waals surface area contributed by atoms with Gasteiger partial charge in [0.05, 0.1) is 0 Å². The fraction of sp³-hybridized carbons (Fsp3) is 0.667. The molecule has 2 heteroatoms. The average molecular weight is 350 g/mol. The molecule has 1 heterocycles. The van der Waals surface area contributed by atoms with Crippen molar-refractivity contribution in [1.29, 1.82) is 0 Å². The van der Waals surface area contributed by atoms with Gasteiger partial charge < -0.3 is 0 Å². The lowest BCUT2D eigenvalue weighted by Crippen LogP contribution is -2.50. The van der Waals surface area contributed by atoms with Crippen LogP contribution in [0.1, 0.15) is 70.6 Å². The second-order valence-electron chi connectivity index (χ2n) is 9.93. The lowest BCUT2D eigenvalue weighted by atomic mass is 9.47. The van der Waals surface area contributed by atoms with Crippen LogP contribution < -0.4 is 0 Å². The highest BCUT2D eigenvalue weighted by Gasteiger charge is 2.59. The minimum Gasteiger partial charge on any atom is -0.300 e. The number of Topliss-reactive ketones (excluding diaryl/α,β-unsaturated/α-hetero) is 1. The molecule has 5 rings (SSSR count). The quantitative estimate of drug-likeness (QED) is 0.673. The van der Waals surface area contributed by atoms with Gasteiger partial charge in [0.1, 0.15) is 5.78 Å². The zero-order valence-corrected chi connectivity index (χ0v) is 16.4. The summed E-state index contributed by atoms with van der Waals surface area (Å²) in [5, 5.41) is 0. The standard InChI is InChI=1S/C24H31NO/c1-15(26)18-8-9-19-16-6-7-20-17-5-4-14-25-22(17)11-13-24(20,3)21(16)10-12-23(18,19)2/h4-5,7,14,16,18-19,21H,6,8-13H2,1-3H3/t16-,18+,19-,21-,23+,24-/m0/s1. The summed E-state index contributed by atoms with van der Waals surface area (Å²) < 4.78 is 0. The van der Waals surface area contributed by atoms with Crippen LogP contribution in [0.3, 0.4) is 0 Å². The molecule has 2 nitrogen and oxygen atoms in total. The second kappa shape index (κ2) is 5.53. The molecule has 26 heavy (non-hydrogen) atoms. The van der Waals surface area contributed by atoms with E-state index in [1.807, 2.05) is 13.1 Å². The van der Waals surface area contributed by atoms with Crippen molar-refractivity contribution in [3.63, 3.8) is 0 Å². The lowest BCUT2D eigenvalue weighted by Gasteiger charge is -2.57. The number of allylic oxidation sites excluding steroid dienone is 2. The molecule has 1 aromatic rings. The summed E-state index contributed by atoms with van der Waals surface area (Å²) in [6, 6.07) is 4.39. The zero-order valence-electron chi connectivity index (χ0n) is 16.4. The van der Waals surface area contributed by atoms with E-state index in [0.717, 1.165) is 30.6 Å². The number of carbonyl (C=O) groups excluding carboxylic acids is 1. The van der Waals surface area contributed by atoms with Crippen molar-refractivity contribution in [2.24, 2.45) is 34.5 Å². The smallest absolute Gasteiger partial charge is 0.133 e. The summed E-state index contributed by atoms with van der Waals surface area (Å²) in [7, 11) is 0. The van der Waals surface area contributed by atoms with Crippen molar-refractivity contribution in [3.8, 4) is 0 Å². The Morgan fingerprint density at radius 2 is 2.00 bits per heavy atom. The Bertz CT molecular complexity index is 795. The molecule has 0 spiro atoms. The van der Waals surface area contributed by atoms with Crippen LogP contribution in [-0.4, -0.2) is 10.8 Å². The molecule has 0 bridgehead atoms. The number of hydrogen-bond acceptors (Lipinski definition) is 2. The first kappa shape index (κ1) is 16.7. The van der Waals surface area contributed by atoms with Gasteiger partial charge in [-0.05, 0) is 97.7 Å². The summed E-state index contributed by atoms with van der Waals surface area (Å²) in [4.78, 5) is 16.9. The summed E-state index contributed by atoms with van der Waals surface area (Å²) in [6.45, 7) is 6.80. The maximum absolute atomic E-state index is 12.3. The van der Waals surface area contributed by atoms with Crippen molar-refractivity contribution in [2.45, 2.75) is 65.7 Å². The molecule has 4 aliphatic carbocycles. The first-order valence-electron chi connectivity index (χ1n) is 10.6. The minimum absolute atomic E-state index is 0.253. The largest absolute Gasteiger partial charge is 0.300 e. The number of nitrogens with zero attached hydrogens (tertiary/aromatic N) is 1.